The summed E-state index contributed by atoms with van der Waals surface area (Å²) in [6.45, 7) is 6.18. The number of hydrogen-bond donors (Lipinski definition) is 1. The van der Waals surface area contributed by atoms with Crippen molar-refractivity contribution in [1.82, 2.24) is 14.8 Å². The Hall–Kier alpha value is -2.15. The van der Waals surface area contributed by atoms with Crippen molar-refractivity contribution in [2.45, 2.75) is 56.5 Å². The Morgan fingerprint density at radius 3 is 2.68 bits per heavy atom. The molecule has 2 aromatic rings. The molecule has 1 aliphatic carbocycles. The van der Waals surface area contributed by atoms with E-state index in [4.69, 9.17) is 0 Å². The van der Waals surface area contributed by atoms with E-state index < -0.39 is 0 Å². The second-order valence-electron chi connectivity index (χ2n) is 6.21. The average Bonchev–Trinajstić information content (AvgIpc) is 3.36. The fourth-order valence-electron chi connectivity index (χ4n) is 2.67. The Kier molecular flexibility index (Phi) is 5.22. The van der Waals surface area contributed by atoms with Crippen molar-refractivity contribution in [2.75, 3.05) is 5.32 Å². The highest BCUT2D eigenvalue weighted by Gasteiger charge is 2.30. The van der Waals surface area contributed by atoms with Crippen LogP contribution in [0.2, 0.25) is 0 Å². The molecule has 3 rings (SSSR count). The highest BCUT2D eigenvalue weighted by atomic mass is 32.2. The number of aromatic nitrogens is 3. The number of hydrogen-bond acceptors (Lipinski definition) is 5. The Labute approximate surface area is 151 Å². The smallest absolute Gasteiger partial charge is 0.237 e. The van der Waals surface area contributed by atoms with Gasteiger partial charge in [-0.25, -0.2) is 0 Å². The summed E-state index contributed by atoms with van der Waals surface area (Å²) in [5, 5.41) is 11.8. The van der Waals surface area contributed by atoms with Gasteiger partial charge in [0.25, 0.3) is 0 Å². The van der Waals surface area contributed by atoms with Crippen LogP contribution in [0, 0.1) is 0 Å². The maximum Gasteiger partial charge on any atom is 0.237 e. The van der Waals surface area contributed by atoms with Crippen LogP contribution in [0.25, 0.3) is 0 Å². The number of carbonyl (C=O) groups excluding carboxylic acids is 2. The molecule has 0 saturated heterocycles. The van der Waals surface area contributed by atoms with E-state index in [1.54, 1.807) is 24.3 Å². The second-order valence-corrected chi connectivity index (χ2v) is 7.52. The number of thioether (sulfide) groups is 1. The van der Waals surface area contributed by atoms with E-state index in [0.717, 1.165) is 17.5 Å². The quantitative estimate of drug-likeness (QED) is 0.605. The normalized spacial score (nSPS) is 15.0. The molecule has 0 aliphatic heterocycles. The Balaban J connectivity index is 1.70. The lowest BCUT2D eigenvalue weighted by atomic mass is 10.1. The predicted molar refractivity (Wildman–Crippen MR) is 98.1 cm³/mol. The van der Waals surface area contributed by atoms with Gasteiger partial charge in [0.1, 0.15) is 5.82 Å². The first-order valence-corrected chi connectivity index (χ1v) is 9.39. The maximum atomic E-state index is 12.5. The molecule has 1 fully saturated rings. The van der Waals surface area contributed by atoms with Crippen LogP contribution in [-0.4, -0.2) is 31.7 Å². The third kappa shape index (κ3) is 3.92. The van der Waals surface area contributed by atoms with Gasteiger partial charge in [-0.1, -0.05) is 23.9 Å². The predicted octanol–water partition coefficient (Wildman–Crippen LogP) is 3.50. The molecule has 25 heavy (non-hydrogen) atoms. The molecule has 1 aliphatic rings. The number of anilines is 1. The molecule has 1 saturated carbocycles. The van der Waals surface area contributed by atoms with Gasteiger partial charge in [0.05, 0.1) is 10.9 Å². The summed E-state index contributed by atoms with van der Waals surface area (Å²) >= 11 is 1.39. The maximum absolute atomic E-state index is 12.5. The minimum absolute atomic E-state index is 0.0731. The number of nitrogens with one attached hydrogen (secondary N) is 1. The van der Waals surface area contributed by atoms with Gasteiger partial charge in [-0.3, -0.25) is 9.59 Å². The van der Waals surface area contributed by atoms with Gasteiger partial charge in [0, 0.05) is 18.0 Å². The first-order valence-electron chi connectivity index (χ1n) is 8.51. The monoisotopic (exact) mass is 358 g/mol. The minimum Gasteiger partial charge on any atom is -0.324 e. The van der Waals surface area contributed by atoms with Gasteiger partial charge in [-0.05, 0) is 45.7 Å². The van der Waals surface area contributed by atoms with Gasteiger partial charge in [0.15, 0.2) is 10.9 Å². The van der Waals surface area contributed by atoms with Crippen molar-refractivity contribution < 1.29 is 9.59 Å². The van der Waals surface area contributed by atoms with E-state index in [2.05, 4.69) is 27.0 Å². The molecule has 1 unspecified atom stereocenters. The summed E-state index contributed by atoms with van der Waals surface area (Å²) in [4.78, 5) is 24.2. The summed E-state index contributed by atoms with van der Waals surface area (Å²) < 4.78 is 2.09. The second kappa shape index (κ2) is 7.39. The Bertz CT molecular complexity index is 798. The molecular weight excluding hydrogens is 336 g/mol. The minimum atomic E-state index is -0.346. The lowest BCUT2D eigenvalue weighted by molar-refractivity contribution is -0.115. The van der Waals surface area contributed by atoms with Crippen molar-refractivity contribution in [3.8, 4) is 0 Å². The fourth-order valence-corrected chi connectivity index (χ4v) is 3.59. The Morgan fingerprint density at radius 1 is 1.32 bits per heavy atom. The molecule has 0 radical (unpaired) electrons. The summed E-state index contributed by atoms with van der Waals surface area (Å²) in [6.07, 6.45) is 2.33. The van der Waals surface area contributed by atoms with Gasteiger partial charge in [0.2, 0.25) is 5.91 Å². The van der Waals surface area contributed by atoms with Crippen LogP contribution in [0.15, 0.2) is 29.4 Å². The fraction of sp³-hybridized carbons (Fsp3) is 0.444. The van der Waals surface area contributed by atoms with E-state index in [-0.39, 0.29) is 16.9 Å². The van der Waals surface area contributed by atoms with Gasteiger partial charge < -0.3 is 9.88 Å². The van der Waals surface area contributed by atoms with Crippen LogP contribution in [0.3, 0.4) is 0 Å². The molecule has 1 aromatic carbocycles. The van der Waals surface area contributed by atoms with E-state index in [0.29, 0.717) is 17.2 Å². The lowest BCUT2D eigenvalue weighted by Gasteiger charge is -2.14. The van der Waals surface area contributed by atoms with E-state index >= 15 is 0 Å². The zero-order chi connectivity index (χ0) is 18.0. The van der Waals surface area contributed by atoms with E-state index in [9.17, 15) is 9.59 Å². The van der Waals surface area contributed by atoms with Crippen LogP contribution in [-0.2, 0) is 11.3 Å². The Morgan fingerprint density at radius 2 is 2.04 bits per heavy atom. The zero-order valence-corrected chi connectivity index (χ0v) is 15.5. The molecule has 1 amide bonds. The highest BCUT2D eigenvalue weighted by Crippen LogP contribution is 2.40. The number of Topliss-reactive ketones (excluding diaryl/α,β-unsaturated/α-hetero) is 1. The first-order chi connectivity index (χ1) is 12.0. The van der Waals surface area contributed by atoms with Crippen LogP contribution in [0.1, 0.15) is 55.7 Å². The lowest BCUT2D eigenvalue weighted by Crippen LogP contribution is -2.24. The summed E-state index contributed by atoms with van der Waals surface area (Å²) in [7, 11) is 0. The van der Waals surface area contributed by atoms with Gasteiger partial charge in [-0.15, -0.1) is 10.2 Å². The number of nitrogens with zero attached hydrogens (tertiary/aromatic N) is 3. The molecule has 1 N–H and O–H groups in total. The van der Waals surface area contributed by atoms with E-state index in [1.165, 1.54) is 31.5 Å². The third-order valence-electron chi connectivity index (χ3n) is 4.22. The average molecular weight is 358 g/mol. The molecule has 1 aromatic heterocycles. The number of rotatable bonds is 7. The standard InChI is InChI=1S/C18H22N4O2S/c1-4-22-16(13-9-10-13)20-21-18(22)25-12(3)17(24)19-15-8-6-5-7-14(15)11(2)23/h5-8,12-13H,4,9-10H2,1-3H3,(H,19,24). The summed E-state index contributed by atoms with van der Waals surface area (Å²) in [6, 6.07) is 7.04. The number of amides is 1. The number of carbonyl (C=O) groups is 2. The number of benzene rings is 1. The number of para-hydroxylation sites is 1. The first kappa shape index (κ1) is 17.7. The molecule has 132 valence electrons. The van der Waals surface area contributed by atoms with Gasteiger partial charge >= 0.3 is 0 Å². The van der Waals surface area contributed by atoms with Crippen molar-refractivity contribution in [3.05, 3.63) is 35.7 Å². The third-order valence-corrected chi connectivity index (χ3v) is 5.30. The van der Waals surface area contributed by atoms with Crippen molar-refractivity contribution >= 4 is 29.1 Å². The molecule has 6 nitrogen and oxygen atoms in total. The van der Waals surface area contributed by atoms with Crippen LogP contribution >= 0.6 is 11.8 Å². The molecule has 7 heteroatoms. The van der Waals surface area contributed by atoms with Crippen LogP contribution < -0.4 is 5.32 Å². The van der Waals surface area contributed by atoms with Crippen molar-refractivity contribution in [2.24, 2.45) is 0 Å². The molecule has 0 spiro atoms. The molecule has 1 atom stereocenters. The topological polar surface area (TPSA) is 76.9 Å². The zero-order valence-electron chi connectivity index (χ0n) is 14.7. The van der Waals surface area contributed by atoms with Crippen LogP contribution in [0.5, 0.6) is 0 Å². The summed E-state index contributed by atoms with van der Waals surface area (Å²) in [5.41, 5.74) is 1.06. The SMILES string of the molecule is CCn1c(SC(C)C(=O)Nc2ccccc2C(C)=O)nnc1C1CC1. The largest absolute Gasteiger partial charge is 0.324 e. The highest BCUT2D eigenvalue weighted by molar-refractivity contribution is 8.00. The van der Waals surface area contributed by atoms with Crippen molar-refractivity contribution in [3.63, 3.8) is 0 Å². The van der Waals surface area contributed by atoms with E-state index in [1.807, 2.05) is 6.92 Å². The number of ketones is 1. The molecule has 0 bridgehead atoms. The van der Waals surface area contributed by atoms with Crippen LogP contribution in [0.4, 0.5) is 5.69 Å². The van der Waals surface area contributed by atoms with Crippen molar-refractivity contribution in [1.29, 1.82) is 0 Å². The molecule has 1 heterocycles. The molecular formula is C18H22N4O2S. The van der Waals surface area contributed by atoms with Gasteiger partial charge in [-0.2, -0.15) is 0 Å². The summed E-state index contributed by atoms with van der Waals surface area (Å²) in [5.74, 6) is 1.32.